The molecular formula is C18H26N6O. The van der Waals surface area contributed by atoms with Gasteiger partial charge in [-0.2, -0.15) is 0 Å². The second kappa shape index (κ2) is 6.29. The highest BCUT2D eigenvalue weighted by Crippen LogP contribution is 2.56. The SMILES string of the molecule is CCn1ccnc1CN(C(=O)c1cn(C)cn1)C1CC12CCNCC2. The highest BCUT2D eigenvalue weighted by molar-refractivity contribution is 5.92. The zero-order valence-electron chi connectivity index (χ0n) is 15.0. The fourth-order valence-electron chi connectivity index (χ4n) is 4.15. The van der Waals surface area contributed by atoms with Crippen molar-refractivity contribution in [1.82, 2.24) is 29.3 Å². The molecule has 4 rings (SSSR count). The van der Waals surface area contributed by atoms with Crippen molar-refractivity contribution in [3.63, 3.8) is 0 Å². The van der Waals surface area contributed by atoms with Crippen LogP contribution in [0.3, 0.4) is 0 Å². The van der Waals surface area contributed by atoms with Crippen LogP contribution in [-0.4, -0.2) is 49.0 Å². The lowest BCUT2D eigenvalue weighted by molar-refractivity contribution is 0.0679. The van der Waals surface area contributed by atoms with E-state index in [0.717, 1.165) is 44.7 Å². The predicted octanol–water partition coefficient (Wildman–Crippen LogP) is 1.42. The second-order valence-electron chi connectivity index (χ2n) is 7.32. The molecule has 7 heteroatoms. The van der Waals surface area contributed by atoms with Crippen LogP contribution >= 0.6 is 0 Å². The van der Waals surface area contributed by atoms with Gasteiger partial charge in [-0.05, 0) is 44.7 Å². The number of hydrogen-bond donors (Lipinski definition) is 1. The first-order valence-electron chi connectivity index (χ1n) is 9.12. The van der Waals surface area contributed by atoms with Gasteiger partial charge in [0.2, 0.25) is 0 Å². The van der Waals surface area contributed by atoms with E-state index >= 15 is 0 Å². The molecule has 0 radical (unpaired) electrons. The van der Waals surface area contributed by atoms with Crippen molar-refractivity contribution in [3.05, 3.63) is 36.4 Å². The molecule has 25 heavy (non-hydrogen) atoms. The number of carbonyl (C=O) groups is 1. The van der Waals surface area contributed by atoms with Crippen molar-refractivity contribution in [2.24, 2.45) is 12.5 Å². The van der Waals surface area contributed by atoms with E-state index in [-0.39, 0.29) is 5.91 Å². The number of imidazole rings is 2. The van der Waals surface area contributed by atoms with Crippen LogP contribution in [0.5, 0.6) is 0 Å². The molecule has 1 spiro atoms. The lowest BCUT2D eigenvalue weighted by Crippen LogP contribution is -2.39. The first-order chi connectivity index (χ1) is 12.1. The fraction of sp³-hybridized carbons (Fsp3) is 0.611. The Morgan fingerprint density at radius 3 is 2.88 bits per heavy atom. The minimum Gasteiger partial charge on any atom is -0.340 e. The molecule has 1 saturated carbocycles. The summed E-state index contributed by atoms with van der Waals surface area (Å²) in [5.41, 5.74) is 0.812. The largest absolute Gasteiger partial charge is 0.340 e. The Hall–Kier alpha value is -2.15. The minimum absolute atomic E-state index is 0.0201. The molecule has 1 atom stereocenters. The third-order valence-corrected chi connectivity index (χ3v) is 5.76. The number of rotatable bonds is 5. The molecule has 1 amide bonds. The van der Waals surface area contributed by atoms with Crippen molar-refractivity contribution in [2.75, 3.05) is 13.1 Å². The van der Waals surface area contributed by atoms with Crippen LogP contribution in [0.1, 0.15) is 42.5 Å². The van der Waals surface area contributed by atoms with Gasteiger partial charge in [0.1, 0.15) is 11.5 Å². The van der Waals surface area contributed by atoms with Crippen LogP contribution in [0.2, 0.25) is 0 Å². The maximum atomic E-state index is 13.2. The predicted molar refractivity (Wildman–Crippen MR) is 93.9 cm³/mol. The van der Waals surface area contributed by atoms with Gasteiger partial charge in [-0.3, -0.25) is 4.79 Å². The third kappa shape index (κ3) is 2.97. The average Bonchev–Trinajstić information content (AvgIpc) is 2.99. The maximum absolute atomic E-state index is 13.2. The molecule has 2 aliphatic rings. The molecule has 1 unspecified atom stereocenters. The van der Waals surface area contributed by atoms with E-state index in [9.17, 15) is 4.79 Å². The number of aromatic nitrogens is 4. The monoisotopic (exact) mass is 342 g/mol. The van der Waals surface area contributed by atoms with Crippen molar-refractivity contribution in [2.45, 2.75) is 45.3 Å². The van der Waals surface area contributed by atoms with Crippen molar-refractivity contribution < 1.29 is 4.79 Å². The van der Waals surface area contributed by atoms with Gasteiger partial charge in [0.05, 0.1) is 12.9 Å². The summed E-state index contributed by atoms with van der Waals surface area (Å²) in [6.07, 6.45) is 10.7. The number of nitrogens with one attached hydrogen (secondary N) is 1. The normalized spacial score (nSPS) is 21.4. The quantitative estimate of drug-likeness (QED) is 0.892. The van der Waals surface area contributed by atoms with Gasteiger partial charge in [-0.1, -0.05) is 0 Å². The molecule has 1 N–H and O–H groups in total. The summed E-state index contributed by atoms with van der Waals surface area (Å²) >= 11 is 0. The highest BCUT2D eigenvalue weighted by atomic mass is 16.2. The Morgan fingerprint density at radius 1 is 1.40 bits per heavy atom. The van der Waals surface area contributed by atoms with Crippen molar-refractivity contribution in [3.8, 4) is 0 Å². The van der Waals surface area contributed by atoms with E-state index in [4.69, 9.17) is 0 Å². The summed E-state index contributed by atoms with van der Waals surface area (Å²) in [6.45, 7) is 5.61. The summed E-state index contributed by atoms with van der Waals surface area (Å²) in [7, 11) is 1.89. The molecule has 1 aliphatic carbocycles. The molecule has 2 aromatic heterocycles. The zero-order valence-corrected chi connectivity index (χ0v) is 15.0. The number of carbonyl (C=O) groups excluding carboxylic acids is 1. The molecule has 2 aromatic rings. The molecule has 2 fully saturated rings. The van der Waals surface area contributed by atoms with Gasteiger partial charge in [0.15, 0.2) is 0 Å². The first kappa shape index (κ1) is 16.3. The van der Waals surface area contributed by atoms with Crippen LogP contribution in [-0.2, 0) is 20.1 Å². The van der Waals surface area contributed by atoms with Gasteiger partial charge >= 0.3 is 0 Å². The van der Waals surface area contributed by atoms with Crippen molar-refractivity contribution in [1.29, 1.82) is 0 Å². The lowest BCUT2D eigenvalue weighted by Gasteiger charge is -2.29. The summed E-state index contributed by atoms with van der Waals surface area (Å²) in [6, 6.07) is 0.297. The highest BCUT2D eigenvalue weighted by Gasteiger charge is 2.58. The summed E-state index contributed by atoms with van der Waals surface area (Å²) in [5, 5.41) is 3.43. The maximum Gasteiger partial charge on any atom is 0.274 e. The number of nitrogens with zero attached hydrogens (tertiary/aromatic N) is 5. The van der Waals surface area contributed by atoms with Gasteiger partial charge < -0.3 is 19.4 Å². The Labute approximate surface area is 148 Å². The van der Waals surface area contributed by atoms with Crippen LogP contribution < -0.4 is 5.32 Å². The Kier molecular flexibility index (Phi) is 4.11. The molecule has 3 heterocycles. The molecule has 7 nitrogen and oxygen atoms in total. The van der Waals surface area contributed by atoms with Gasteiger partial charge in [0, 0.05) is 38.2 Å². The second-order valence-corrected chi connectivity index (χ2v) is 7.32. The number of hydrogen-bond acceptors (Lipinski definition) is 4. The van der Waals surface area contributed by atoms with E-state index in [2.05, 4.69) is 26.8 Å². The number of aryl methyl sites for hydroxylation is 2. The summed E-state index contributed by atoms with van der Waals surface area (Å²) in [5.74, 6) is 0.967. The summed E-state index contributed by atoms with van der Waals surface area (Å²) in [4.78, 5) is 24.0. The number of amides is 1. The van der Waals surface area contributed by atoms with Gasteiger partial charge in [-0.25, -0.2) is 9.97 Å². The van der Waals surface area contributed by atoms with Crippen LogP contribution in [0.25, 0.3) is 0 Å². The van der Waals surface area contributed by atoms with Gasteiger partial charge in [0.25, 0.3) is 5.91 Å². The third-order valence-electron chi connectivity index (χ3n) is 5.76. The molecule has 1 saturated heterocycles. The Balaban J connectivity index is 1.60. The van der Waals surface area contributed by atoms with E-state index in [0.29, 0.717) is 23.7 Å². The lowest BCUT2D eigenvalue weighted by atomic mass is 9.93. The van der Waals surface area contributed by atoms with Crippen LogP contribution in [0.4, 0.5) is 0 Å². The fourth-order valence-corrected chi connectivity index (χ4v) is 4.15. The Bertz CT molecular complexity index is 757. The van der Waals surface area contributed by atoms with Gasteiger partial charge in [-0.15, -0.1) is 0 Å². The van der Waals surface area contributed by atoms with Crippen LogP contribution in [0, 0.1) is 5.41 Å². The van der Waals surface area contributed by atoms with Crippen molar-refractivity contribution >= 4 is 5.91 Å². The molecule has 0 aromatic carbocycles. The topological polar surface area (TPSA) is 68.0 Å². The zero-order chi connectivity index (χ0) is 17.4. The smallest absolute Gasteiger partial charge is 0.274 e. The standard InChI is InChI=1S/C18H26N6O/c1-3-23-9-8-20-16(23)12-24(17(25)14-11-22(2)13-21-14)15-10-18(15)4-6-19-7-5-18/h8-9,11,13,15,19H,3-7,10,12H2,1-2H3. The van der Waals surface area contributed by atoms with E-state index in [1.807, 2.05) is 28.9 Å². The molecular weight excluding hydrogens is 316 g/mol. The minimum atomic E-state index is 0.0201. The number of piperidine rings is 1. The Morgan fingerprint density at radius 2 is 2.20 bits per heavy atom. The van der Waals surface area contributed by atoms with E-state index in [1.54, 1.807) is 12.5 Å². The van der Waals surface area contributed by atoms with Crippen LogP contribution in [0.15, 0.2) is 24.9 Å². The molecule has 134 valence electrons. The molecule has 1 aliphatic heterocycles. The average molecular weight is 342 g/mol. The summed E-state index contributed by atoms with van der Waals surface area (Å²) < 4.78 is 3.93. The molecule has 0 bridgehead atoms. The van der Waals surface area contributed by atoms with E-state index in [1.165, 1.54) is 0 Å². The first-order valence-corrected chi connectivity index (χ1v) is 9.12. The van der Waals surface area contributed by atoms with E-state index < -0.39 is 0 Å².